The summed E-state index contributed by atoms with van der Waals surface area (Å²) in [5.41, 5.74) is 1.90. The van der Waals surface area contributed by atoms with E-state index in [0.29, 0.717) is 29.6 Å². The molecule has 0 aliphatic heterocycles. The molecule has 4 aliphatic carbocycles. The monoisotopic (exact) mass is 332 g/mol. The van der Waals surface area contributed by atoms with Gasteiger partial charge in [0.05, 0.1) is 12.7 Å². The molecule has 0 amide bonds. The van der Waals surface area contributed by atoms with E-state index in [1.807, 2.05) is 20.3 Å². The second-order valence-electron chi connectivity index (χ2n) is 8.99. The van der Waals surface area contributed by atoms with Crippen LogP contribution in [0.15, 0.2) is 11.6 Å². The number of ether oxygens (including phenoxy) is 2. The van der Waals surface area contributed by atoms with Crippen LogP contribution in [0.5, 0.6) is 0 Å². The standard InChI is InChI=1S/C21H32O3/c1-20-10-9-18-16(17(20)6-7-19(20)24-3)5-4-14-12-15(22)8-11-21(14,18)13-23-2/h12,16-19H,4-11,13H2,1-3H3. The van der Waals surface area contributed by atoms with E-state index in [-0.39, 0.29) is 5.41 Å². The van der Waals surface area contributed by atoms with Gasteiger partial charge >= 0.3 is 0 Å². The van der Waals surface area contributed by atoms with Gasteiger partial charge in [0.25, 0.3) is 0 Å². The van der Waals surface area contributed by atoms with Crippen LogP contribution >= 0.6 is 0 Å². The highest BCUT2D eigenvalue weighted by molar-refractivity contribution is 5.91. The van der Waals surface area contributed by atoms with Gasteiger partial charge in [-0.25, -0.2) is 0 Å². The van der Waals surface area contributed by atoms with Gasteiger partial charge in [-0.3, -0.25) is 4.79 Å². The maximum absolute atomic E-state index is 12.0. The van der Waals surface area contributed by atoms with Crippen molar-refractivity contribution in [2.75, 3.05) is 20.8 Å². The molecule has 24 heavy (non-hydrogen) atoms. The van der Waals surface area contributed by atoms with Crippen molar-refractivity contribution in [3.05, 3.63) is 11.6 Å². The topological polar surface area (TPSA) is 35.5 Å². The second-order valence-corrected chi connectivity index (χ2v) is 8.99. The van der Waals surface area contributed by atoms with E-state index < -0.39 is 0 Å². The van der Waals surface area contributed by atoms with Gasteiger partial charge in [0.15, 0.2) is 5.78 Å². The quantitative estimate of drug-likeness (QED) is 0.778. The summed E-state index contributed by atoms with van der Waals surface area (Å²) in [5.74, 6) is 2.59. The van der Waals surface area contributed by atoms with Crippen LogP contribution in [0.25, 0.3) is 0 Å². The van der Waals surface area contributed by atoms with Gasteiger partial charge in [0.2, 0.25) is 0 Å². The van der Waals surface area contributed by atoms with Crippen molar-refractivity contribution in [1.29, 1.82) is 0 Å². The Morgan fingerprint density at radius 1 is 1.08 bits per heavy atom. The molecule has 6 unspecified atom stereocenters. The molecule has 3 nitrogen and oxygen atoms in total. The highest BCUT2D eigenvalue weighted by Gasteiger charge is 2.60. The van der Waals surface area contributed by atoms with E-state index in [4.69, 9.17) is 9.47 Å². The maximum atomic E-state index is 12.0. The van der Waals surface area contributed by atoms with Gasteiger partial charge in [-0.1, -0.05) is 12.5 Å². The molecule has 3 saturated carbocycles. The van der Waals surface area contributed by atoms with E-state index >= 15 is 0 Å². The average Bonchev–Trinajstić information content (AvgIpc) is 2.92. The Bertz CT molecular complexity index is 553. The van der Waals surface area contributed by atoms with E-state index in [2.05, 4.69) is 6.92 Å². The van der Waals surface area contributed by atoms with E-state index in [1.165, 1.54) is 37.7 Å². The van der Waals surface area contributed by atoms with Crippen LogP contribution in [-0.4, -0.2) is 32.7 Å². The normalized spacial score (nSPS) is 47.6. The average molecular weight is 332 g/mol. The summed E-state index contributed by atoms with van der Waals surface area (Å²) >= 11 is 0. The number of ketones is 1. The molecule has 0 aromatic rings. The number of hydrogen-bond acceptors (Lipinski definition) is 3. The summed E-state index contributed by atoms with van der Waals surface area (Å²) in [5, 5.41) is 0. The lowest BCUT2D eigenvalue weighted by Gasteiger charge is -2.58. The zero-order valence-corrected chi connectivity index (χ0v) is 15.5. The van der Waals surface area contributed by atoms with Crippen molar-refractivity contribution in [3.63, 3.8) is 0 Å². The zero-order valence-electron chi connectivity index (χ0n) is 15.5. The smallest absolute Gasteiger partial charge is 0.155 e. The van der Waals surface area contributed by atoms with Gasteiger partial charge in [-0.2, -0.15) is 0 Å². The van der Waals surface area contributed by atoms with Crippen LogP contribution in [0.3, 0.4) is 0 Å². The Labute approximate surface area is 146 Å². The van der Waals surface area contributed by atoms with Gasteiger partial charge in [0.1, 0.15) is 0 Å². The van der Waals surface area contributed by atoms with Crippen LogP contribution in [0.4, 0.5) is 0 Å². The van der Waals surface area contributed by atoms with E-state index in [0.717, 1.165) is 31.3 Å². The van der Waals surface area contributed by atoms with Crippen LogP contribution in [0, 0.1) is 28.6 Å². The van der Waals surface area contributed by atoms with Crippen LogP contribution in [0.2, 0.25) is 0 Å². The van der Waals surface area contributed by atoms with Crippen molar-refractivity contribution in [2.24, 2.45) is 28.6 Å². The molecule has 3 heteroatoms. The molecule has 4 aliphatic rings. The molecule has 0 aromatic carbocycles. The Morgan fingerprint density at radius 2 is 1.92 bits per heavy atom. The summed E-state index contributed by atoms with van der Waals surface area (Å²) in [4.78, 5) is 12.0. The minimum Gasteiger partial charge on any atom is -0.384 e. The van der Waals surface area contributed by atoms with Crippen LogP contribution in [0.1, 0.15) is 58.3 Å². The summed E-state index contributed by atoms with van der Waals surface area (Å²) in [7, 11) is 3.72. The molecule has 4 rings (SSSR count). The Hall–Kier alpha value is -0.670. The lowest BCUT2D eigenvalue weighted by atomic mass is 9.47. The third-order valence-corrected chi connectivity index (χ3v) is 8.29. The Morgan fingerprint density at radius 3 is 2.67 bits per heavy atom. The highest BCUT2D eigenvalue weighted by Crippen LogP contribution is 2.65. The minimum absolute atomic E-state index is 0.137. The highest BCUT2D eigenvalue weighted by atomic mass is 16.5. The fourth-order valence-electron chi connectivity index (χ4n) is 7.23. The number of methoxy groups -OCH3 is 2. The maximum Gasteiger partial charge on any atom is 0.155 e. The second kappa shape index (κ2) is 5.95. The molecule has 0 spiro atoms. The fourth-order valence-corrected chi connectivity index (χ4v) is 7.23. The molecular formula is C21H32O3. The number of fused-ring (bicyclic) bond motifs is 5. The van der Waals surface area contributed by atoms with Crippen molar-refractivity contribution in [1.82, 2.24) is 0 Å². The first-order valence-corrected chi connectivity index (χ1v) is 9.81. The Kier molecular flexibility index (Phi) is 4.16. The van der Waals surface area contributed by atoms with Crippen molar-refractivity contribution in [2.45, 2.75) is 64.4 Å². The molecule has 0 saturated heterocycles. The third-order valence-electron chi connectivity index (χ3n) is 8.29. The van der Waals surface area contributed by atoms with E-state index in [9.17, 15) is 4.79 Å². The lowest BCUT2D eigenvalue weighted by molar-refractivity contribution is -0.121. The zero-order chi connectivity index (χ0) is 16.9. The van der Waals surface area contributed by atoms with Crippen molar-refractivity contribution >= 4 is 5.78 Å². The van der Waals surface area contributed by atoms with Crippen LogP contribution in [-0.2, 0) is 14.3 Å². The van der Waals surface area contributed by atoms with Gasteiger partial charge in [0, 0.05) is 26.1 Å². The van der Waals surface area contributed by atoms with Gasteiger partial charge in [-0.05, 0) is 74.2 Å². The SMILES string of the molecule is COCC12CCC(=O)C=C1CCC1C2CCC2(C)C(OC)CCC12. The number of rotatable bonds is 3. The first-order valence-electron chi connectivity index (χ1n) is 9.81. The first-order chi connectivity index (χ1) is 11.5. The predicted molar refractivity (Wildman–Crippen MR) is 93.7 cm³/mol. The molecule has 0 aromatic heterocycles. The molecule has 0 heterocycles. The van der Waals surface area contributed by atoms with Crippen molar-refractivity contribution in [3.8, 4) is 0 Å². The molecule has 0 bridgehead atoms. The lowest BCUT2D eigenvalue weighted by Crippen LogP contribution is -2.53. The first kappa shape index (κ1) is 16.8. The number of carbonyl (C=O) groups is 1. The molecule has 6 atom stereocenters. The molecule has 0 N–H and O–H groups in total. The van der Waals surface area contributed by atoms with Crippen molar-refractivity contribution < 1.29 is 14.3 Å². The predicted octanol–water partition coefficient (Wildman–Crippen LogP) is 4.16. The van der Waals surface area contributed by atoms with Gasteiger partial charge in [-0.15, -0.1) is 0 Å². The third kappa shape index (κ3) is 2.20. The summed E-state index contributed by atoms with van der Waals surface area (Å²) in [6.45, 7) is 3.28. The summed E-state index contributed by atoms with van der Waals surface area (Å²) in [6.07, 6.45) is 11.6. The largest absolute Gasteiger partial charge is 0.384 e. The van der Waals surface area contributed by atoms with Gasteiger partial charge < -0.3 is 9.47 Å². The fraction of sp³-hybridized carbons (Fsp3) is 0.857. The molecule has 134 valence electrons. The van der Waals surface area contributed by atoms with Crippen LogP contribution < -0.4 is 0 Å². The summed E-state index contributed by atoms with van der Waals surface area (Å²) in [6, 6.07) is 0. The van der Waals surface area contributed by atoms with E-state index in [1.54, 1.807) is 0 Å². The molecule has 0 radical (unpaired) electrons. The molecule has 3 fully saturated rings. The molecular weight excluding hydrogens is 300 g/mol. The number of carbonyl (C=O) groups excluding carboxylic acids is 1. The Balaban J connectivity index is 1.69. The number of hydrogen-bond donors (Lipinski definition) is 0. The minimum atomic E-state index is 0.137. The summed E-state index contributed by atoms with van der Waals surface area (Å²) < 4.78 is 11.6.